The number of aromatic carboxylic acids is 1. The number of anilines is 1. The van der Waals surface area contributed by atoms with Crippen LogP contribution < -0.4 is 15.0 Å². The number of halogens is 2. The molecular formula is C25H19Cl2N3O5S. The maximum absolute atomic E-state index is 12.8. The smallest absolute Gasteiger partial charge is 0.336 e. The fourth-order valence-electron chi connectivity index (χ4n) is 3.48. The van der Waals surface area contributed by atoms with E-state index < -0.39 is 17.8 Å². The van der Waals surface area contributed by atoms with Crippen LogP contribution in [0.3, 0.4) is 0 Å². The molecule has 0 aliphatic rings. The number of nitrogens with zero attached hydrogens (tertiary/aromatic N) is 2. The van der Waals surface area contributed by atoms with Gasteiger partial charge in [0.2, 0.25) is 5.91 Å². The summed E-state index contributed by atoms with van der Waals surface area (Å²) >= 11 is 14.5. The molecule has 184 valence electrons. The number of carboxylic acids is 1. The van der Waals surface area contributed by atoms with Crippen molar-refractivity contribution in [3.05, 3.63) is 86.8 Å². The zero-order chi connectivity index (χ0) is 25.8. The van der Waals surface area contributed by atoms with Gasteiger partial charge in [-0.05, 0) is 36.4 Å². The summed E-state index contributed by atoms with van der Waals surface area (Å²) in [6, 6.07) is 14.6. The number of rotatable bonds is 8. The van der Waals surface area contributed by atoms with Gasteiger partial charge in [-0.3, -0.25) is 9.59 Å². The largest absolute Gasteiger partial charge is 0.486 e. The van der Waals surface area contributed by atoms with Crippen molar-refractivity contribution in [1.29, 1.82) is 0 Å². The quantitative estimate of drug-likeness (QED) is 0.313. The first kappa shape index (κ1) is 25.4. The molecule has 0 aliphatic carbocycles. The number of carbonyl (C=O) groups is 3. The number of benzene rings is 3. The Morgan fingerprint density at radius 1 is 1.06 bits per heavy atom. The highest BCUT2D eigenvalue weighted by molar-refractivity contribution is 7.16. The molecule has 36 heavy (non-hydrogen) atoms. The van der Waals surface area contributed by atoms with E-state index in [2.05, 4.69) is 10.3 Å². The number of carboxylic acid groups (broad SMARTS) is 1. The molecule has 0 aliphatic heterocycles. The van der Waals surface area contributed by atoms with Crippen LogP contribution in [0.1, 0.15) is 26.3 Å². The summed E-state index contributed by atoms with van der Waals surface area (Å²) < 4.78 is 6.93. The highest BCUT2D eigenvalue weighted by Gasteiger charge is 2.21. The van der Waals surface area contributed by atoms with Gasteiger partial charge in [0.05, 0.1) is 38.6 Å². The fraction of sp³-hybridized carbons (Fsp3) is 0.120. The van der Waals surface area contributed by atoms with E-state index in [0.717, 1.165) is 10.2 Å². The first-order valence-electron chi connectivity index (χ1n) is 10.6. The van der Waals surface area contributed by atoms with E-state index in [1.165, 1.54) is 41.5 Å². The van der Waals surface area contributed by atoms with Crippen molar-refractivity contribution < 1.29 is 24.2 Å². The lowest BCUT2D eigenvalue weighted by molar-refractivity contribution is -0.117. The van der Waals surface area contributed by atoms with Gasteiger partial charge in [0.15, 0.2) is 0 Å². The number of fused-ring (bicyclic) bond motifs is 1. The lowest BCUT2D eigenvalue weighted by atomic mass is 10.1. The first-order chi connectivity index (χ1) is 17.3. The number of hydrogen-bond acceptors (Lipinski definition) is 6. The number of para-hydroxylation sites is 1. The number of amides is 2. The van der Waals surface area contributed by atoms with Gasteiger partial charge >= 0.3 is 5.97 Å². The highest BCUT2D eigenvalue weighted by atomic mass is 35.5. The van der Waals surface area contributed by atoms with Gasteiger partial charge in [-0.15, -0.1) is 11.3 Å². The predicted molar refractivity (Wildman–Crippen MR) is 140 cm³/mol. The van der Waals surface area contributed by atoms with Crippen LogP contribution in [-0.2, 0) is 11.4 Å². The summed E-state index contributed by atoms with van der Waals surface area (Å²) in [5.74, 6) is -1.81. The Balaban J connectivity index is 1.47. The lowest BCUT2D eigenvalue weighted by Crippen LogP contribution is -2.38. The van der Waals surface area contributed by atoms with E-state index in [-0.39, 0.29) is 29.3 Å². The van der Waals surface area contributed by atoms with Crippen molar-refractivity contribution in [2.24, 2.45) is 0 Å². The van der Waals surface area contributed by atoms with Crippen molar-refractivity contribution >= 4 is 68.2 Å². The van der Waals surface area contributed by atoms with Gasteiger partial charge in [0, 0.05) is 17.6 Å². The molecule has 0 unspecified atom stereocenters. The molecule has 0 radical (unpaired) electrons. The van der Waals surface area contributed by atoms with Crippen LogP contribution in [0.4, 0.5) is 5.69 Å². The third kappa shape index (κ3) is 5.28. The zero-order valence-electron chi connectivity index (χ0n) is 18.8. The summed E-state index contributed by atoms with van der Waals surface area (Å²) in [6.45, 7) is -0.327. The highest BCUT2D eigenvalue weighted by Crippen LogP contribution is 2.35. The maximum Gasteiger partial charge on any atom is 0.336 e. The lowest BCUT2D eigenvalue weighted by Gasteiger charge is -2.21. The van der Waals surface area contributed by atoms with E-state index >= 15 is 0 Å². The molecular weight excluding hydrogens is 525 g/mol. The molecule has 1 heterocycles. The van der Waals surface area contributed by atoms with Crippen molar-refractivity contribution in [1.82, 2.24) is 10.3 Å². The third-order valence-corrected chi connectivity index (χ3v) is 6.97. The van der Waals surface area contributed by atoms with Gasteiger partial charge in [-0.25, -0.2) is 9.78 Å². The van der Waals surface area contributed by atoms with Crippen molar-refractivity contribution in [2.45, 2.75) is 6.61 Å². The Hall–Kier alpha value is -3.66. The molecule has 0 spiro atoms. The Kier molecular flexibility index (Phi) is 7.73. The molecule has 0 saturated carbocycles. The minimum absolute atomic E-state index is 0.0421. The number of carbonyl (C=O) groups excluding carboxylic acids is 2. The summed E-state index contributed by atoms with van der Waals surface area (Å²) in [5.41, 5.74) is 3.13. The Morgan fingerprint density at radius 3 is 2.56 bits per heavy atom. The molecule has 0 fully saturated rings. The second kappa shape index (κ2) is 10.9. The van der Waals surface area contributed by atoms with Gasteiger partial charge < -0.3 is 20.1 Å². The number of thiazole rings is 1. The summed E-state index contributed by atoms with van der Waals surface area (Å²) in [5, 5.41) is 12.3. The molecule has 2 N–H and O–H groups in total. The molecule has 11 heteroatoms. The minimum Gasteiger partial charge on any atom is -0.486 e. The van der Waals surface area contributed by atoms with Crippen LogP contribution in [0.25, 0.3) is 10.2 Å². The Bertz CT molecular complexity index is 1470. The van der Waals surface area contributed by atoms with Gasteiger partial charge in [-0.2, -0.15) is 0 Å². The second-order valence-electron chi connectivity index (χ2n) is 7.59. The monoisotopic (exact) mass is 543 g/mol. The van der Waals surface area contributed by atoms with E-state index in [9.17, 15) is 19.5 Å². The molecule has 0 saturated heterocycles. The van der Waals surface area contributed by atoms with Crippen LogP contribution in [0.15, 0.2) is 60.1 Å². The minimum atomic E-state index is -1.24. The second-order valence-corrected chi connectivity index (χ2v) is 9.26. The Labute approximate surface area is 220 Å². The van der Waals surface area contributed by atoms with Crippen LogP contribution in [-0.4, -0.2) is 41.5 Å². The zero-order valence-corrected chi connectivity index (χ0v) is 21.2. The first-order valence-corrected chi connectivity index (χ1v) is 12.2. The van der Waals surface area contributed by atoms with Crippen LogP contribution in [0.2, 0.25) is 10.0 Å². The average molecular weight is 544 g/mol. The molecule has 4 aromatic rings. The van der Waals surface area contributed by atoms with E-state index in [1.54, 1.807) is 29.8 Å². The molecule has 4 rings (SSSR count). The van der Waals surface area contributed by atoms with E-state index in [4.69, 9.17) is 27.9 Å². The van der Waals surface area contributed by atoms with Crippen LogP contribution >= 0.6 is 34.5 Å². The van der Waals surface area contributed by atoms with Crippen molar-refractivity contribution in [3.63, 3.8) is 0 Å². The SMILES string of the molecule is CN(C(=O)CNC(=O)c1ccccc1C(=O)O)c1ccc(Cl)c(COc2cccc3scnc23)c1Cl. The van der Waals surface area contributed by atoms with Crippen molar-refractivity contribution in [3.8, 4) is 5.75 Å². The van der Waals surface area contributed by atoms with E-state index in [0.29, 0.717) is 22.0 Å². The maximum atomic E-state index is 12.8. The summed E-state index contributed by atoms with van der Waals surface area (Å²) in [7, 11) is 1.51. The summed E-state index contributed by atoms with van der Waals surface area (Å²) in [6.07, 6.45) is 0. The Morgan fingerprint density at radius 2 is 1.81 bits per heavy atom. The van der Waals surface area contributed by atoms with Crippen molar-refractivity contribution in [2.75, 3.05) is 18.5 Å². The van der Waals surface area contributed by atoms with Gasteiger partial charge in [-0.1, -0.05) is 41.4 Å². The molecule has 8 nitrogen and oxygen atoms in total. The summed E-state index contributed by atoms with van der Waals surface area (Å²) in [4.78, 5) is 42.3. The molecule has 0 bridgehead atoms. The van der Waals surface area contributed by atoms with Gasteiger partial charge in [0.25, 0.3) is 5.91 Å². The topological polar surface area (TPSA) is 109 Å². The standard InChI is InChI=1S/C25H19Cl2N3O5S/c1-30(21(31)11-28-24(32)14-5-2-3-6-15(14)25(33)34)18-10-9-17(26)16(22(18)27)12-35-19-7-4-8-20-23(19)29-13-36-20/h2-10,13H,11-12H2,1H3,(H,28,32)(H,33,34). The number of hydrogen-bond donors (Lipinski definition) is 2. The third-order valence-electron chi connectivity index (χ3n) is 5.40. The van der Waals surface area contributed by atoms with E-state index in [1.807, 2.05) is 12.1 Å². The fourth-order valence-corrected chi connectivity index (χ4v) is 4.78. The number of aromatic nitrogens is 1. The number of likely N-dealkylation sites (N-methyl/N-ethyl adjacent to an activating group) is 1. The average Bonchev–Trinajstić information content (AvgIpc) is 3.36. The molecule has 1 aromatic heterocycles. The molecule has 0 atom stereocenters. The van der Waals surface area contributed by atoms with Gasteiger partial charge in [0.1, 0.15) is 17.9 Å². The predicted octanol–water partition coefficient (Wildman–Crippen LogP) is 5.27. The molecule has 2 amide bonds. The van der Waals surface area contributed by atoms with Crippen LogP contribution in [0.5, 0.6) is 5.75 Å². The molecule has 3 aromatic carbocycles. The number of ether oxygens (including phenoxy) is 1. The normalized spacial score (nSPS) is 10.8. The number of nitrogens with one attached hydrogen (secondary N) is 1. The van der Waals surface area contributed by atoms with Crippen LogP contribution in [0, 0.1) is 0 Å².